The van der Waals surface area contributed by atoms with E-state index in [1.54, 1.807) is 42.7 Å². The Bertz CT molecular complexity index is 2920. The monoisotopic (exact) mass is 1060 g/mol. The number of rotatable bonds is 6. The third-order valence-corrected chi connectivity index (χ3v) is 14.6. The van der Waals surface area contributed by atoms with Gasteiger partial charge in [-0.25, -0.2) is 0 Å². The molecule has 1 heterocycles. The van der Waals surface area contributed by atoms with Gasteiger partial charge in [0, 0.05) is 0 Å². The number of methoxy groups -OCH3 is 6. The number of ether oxygens (including phenoxy) is 6. The predicted octanol–water partition coefficient (Wildman–Crippen LogP) is 17.5. The van der Waals surface area contributed by atoms with Gasteiger partial charge in [0.25, 0.3) is 0 Å². The quantitative estimate of drug-likeness (QED) is 0.0976. The first-order valence-corrected chi connectivity index (χ1v) is 27.1. The number of fused-ring (bicyclic) bond motifs is 12. The molecule has 1 aromatic heterocycles. The molecule has 0 saturated heterocycles. The topological polar surface area (TPSA) is 150 Å². The molecule has 6 aromatic carbocycles. The molecule has 0 amide bonds. The second-order valence-electron chi connectivity index (χ2n) is 26.9. The second-order valence-corrected chi connectivity index (χ2v) is 26.9. The highest BCUT2D eigenvalue weighted by Crippen LogP contribution is 2.41. The Labute approximate surface area is 463 Å². The summed E-state index contributed by atoms with van der Waals surface area (Å²) in [5.74, 6) is 3.62. The van der Waals surface area contributed by atoms with Gasteiger partial charge >= 0.3 is 0 Å². The fourth-order valence-corrected chi connectivity index (χ4v) is 9.68. The van der Waals surface area contributed by atoms with Gasteiger partial charge < -0.3 is 58.3 Å². The lowest BCUT2D eigenvalue weighted by Crippen LogP contribution is -2.12. The minimum Gasteiger partial charge on any atom is -0.492 e. The first kappa shape index (κ1) is 58.6. The highest BCUT2D eigenvalue weighted by atomic mass is 16.5. The molecule has 12 bridgehead atoms. The molecule has 0 radical (unpaired) electrons. The summed E-state index contributed by atoms with van der Waals surface area (Å²) in [6, 6.07) is 26.0. The van der Waals surface area contributed by atoms with Crippen LogP contribution in [-0.4, -0.2) is 72.6 Å². The minimum absolute atomic E-state index is 0.269. The van der Waals surface area contributed by atoms with Crippen molar-refractivity contribution in [3.8, 4) is 34.5 Å². The van der Waals surface area contributed by atoms with Gasteiger partial charge in [-0.1, -0.05) is 125 Å². The smallest absolute Gasteiger partial charge is 0.165 e. The van der Waals surface area contributed by atoms with E-state index in [4.69, 9.17) is 28.4 Å². The van der Waals surface area contributed by atoms with Crippen LogP contribution in [0.25, 0.3) is 66.2 Å². The third kappa shape index (κ3) is 12.3. The SMILES string of the molecule is COc1c2cc(C(C)(C)C)cc1[nH]c1cc(C(C)(C)C)cc([nH]c3cc(C(C)(C)C)cc([nH]c4cc(C(C)(C)C)cc([nH]c5cc(C(C)(C)C)cc([nH]c6cc(C(C)(C)C)cc([nH]2)c6OC)c5OC)c4OC)c3OC)c1OC. The molecule has 78 heavy (non-hydrogen) atoms. The summed E-state index contributed by atoms with van der Waals surface area (Å²) in [4.78, 5) is 23.1. The average molecular weight is 1060 g/mol. The fraction of sp³-hybridized carbons (Fsp3) is 0.455. The summed E-state index contributed by atoms with van der Waals surface area (Å²) in [5.41, 5.74) is 13.8. The van der Waals surface area contributed by atoms with Crippen LogP contribution in [-0.2, 0) is 32.5 Å². The van der Waals surface area contributed by atoms with Crippen LogP contribution < -0.4 is 28.4 Å². The Balaban J connectivity index is 1.95. The maximum Gasteiger partial charge on any atom is 0.165 e. The zero-order valence-corrected chi connectivity index (χ0v) is 51.4. The van der Waals surface area contributed by atoms with E-state index >= 15 is 0 Å². The second kappa shape index (κ2) is 21.3. The van der Waals surface area contributed by atoms with E-state index in [1.807, 2.05) is 0 Å². The van der Waals surface area contributed by atoms with Crippen LogP contribution in [0.3, 0.4) is 0 Å². The van der Waals surface area contributed by atoms with Crippen LogP contribution in [0.4, 0.5) is 0 Å². The summed E-state index contributed by atoms with van der Waals surface area (Å²) >= 11 is 0. The maximum absolute atomic E-state index is 6.47. The zero-order chi connectivity index (χ0) is 57.8. The molecule has 0 aliphatic heterocycles. The van der Waals surface area contributed by atoms with Crippen molar-refractivity contribution in [3.63, 3.8) is 0 Å². The summed E-state index contributed by atoms with van der Waals surface area (Å²) in [7, 11) is 10.2. The normalized spacial score (nSPS) is 12.6. The molecule has 7 aromatic rings. The van der Waals surface area contributed by atoms with Crippen LogP contribution in [0.5, 0.6) is 34.5 Å². The van der Waals surface area contributed by atoms with E-state index < -0.39 is 0 Å². The molecule has 420 valence electrons. The highest BCUT2D eigenvalue weighted by Gasteiger charge is 2.24. The Kier molecular flexibility index (Phi) is 16.0. The number of aromatic amines is 6. The van der Waals surface area contributed by atoms with Crippen molar-refractivity contribution in [2.24, 2.45) is 0 Å². The lowest BCUT2D eigenvalue weighted by atomic mass is 9.86. The fourth-order valence-electron chi connectivity index (χ4n) is 9.68. The van der Waals surface area contributed by atoms with Gasteiger partial charge in [-0.05, 0) is 139 Å². The van der Waals surface area contributed by atoms with Crippen molar-refractivity contribution in [2.75, 3.05) is 42.7 Å². The van der Waals surface area contributed by atoms with Crippen molar-refractivity contribution in [3.05, 3.63) is 106 Å². The van der Waals surface area contributed by atoms with Gasteiger partial charge in [0.05, 0.1) is 109 Å². The molecule has 0 spiro atoms. The molecule has 0 atom stereocenters. The molecule has 0 fully saturated rings. The van der Waals surface area contributed by atoms with E-state index in [9.17, 15) is 0 Å². The van der Waals surface area contributed by atoms with E-state index in [0.29, 0.717) is 34.5 Å². The molecule has 6 N–H and O–H groups in total. The molecule has 7 rings (SSSR count). The summed E-state index contributed by atoms with van der Waals surface area (Å²) in [6.07, 6.45) is 0. The van der Waals surface area contributed by atoms with Gasteiger partial charge in [-0.2, -0.15) is 0 Å². The number of nitrogens with one attached hydrogen (secondary N) is 6. The van der Waals surface area contributed by atoms with E-state index in [2.05, 4.69) is 227 Å². The zero-order valence-electron chi connectivity index (χ0n) is 51.4. The first-order chi connectivity index (χ1) is 36.1. The number of hydrogen-bond acceptors (Lipinski definition) is 6. The van der Waals surface area contributed by atoms with Crippen LogP contribution in [0.15, 0.2) is 72.8 Å². The van der Waals surface area contributed by atoms with Crippen molar-refractivity contribution >= 4 is 66.2 Å². The Morgan fingerprint density at radius 3 is 0.346 bits per heavy atom. The number of aromatic nitrogens is 6. The summed E-state index contributed by atoms with van der Waals surface area (Å²) in [6.45, 7) is 39.9. The third-order valence-electron chi connectivity index (χ3n) is 14.6. The molecular formula is C66H90N6O6. The van der Waals surface area contributed by atoms with Crippen molar-refractivity contribution in [2.45, 2.75) is 157 Å². The Morgan fingerprint density at radius 1 is 0.192 bits per heavy atom. The number of benzene rings is 6. The predicted molar refractivity (Wildman–Crippen MR) is 328 cm³/mol. The van der Waals surface area contributed by atoms with Gasteiger partial charge in [0.2, 0.25) is 0 Å². The Hall–Kier alpha value is -7.08. The van der Waals surface area contributed by atoms with E-state index in [1.165, 1.54) is 0 Å². The standard InChI is InChI=1S/C66H90N6O6/c1-61(2,3)37-25-43-55(73-19)44(26-37)68-46-28-39(63(7,8)9)30-48(57(46)75-21)70-50-32-41(65(13,14)15)34-52(59(50)77-23)72-54-36-42(66(16,17)18)35-53(60(54)78-24)71-51-33-40(64(10,11)12)31-49(58(51)76-22)69-47-29-38(62(4,5)6)27-45(67-43)56(47)74-20/h25-36,67-72H,1-24H3. The van der Waals surface area contributed by atoms with Gasteiger partial charge in [0.1, 0.15) is 0 Å². The molecule has 12 nitrogen and oxygen atoms in total. The van der Waals surface area contributed by atoms with Crippen LogP contribution in [0, 0.1) is 0 Å². The highest BCUT2D eigenvalue weighted by molar-refractivity contribution is 5.88. The minimum atomic E-state index is -0.269. The van der Waals surface area contributed by atoms with Gasteiger partial charge in [0.15, 0.2) is 34.5 Å². The molecule has 0 aliphatic rings. The number of H-pyrrole nitrogens is 6. The molecule has 0 saturated carbocycles. The molecular weight excluding hydrogens is 973 g/mol. The first-order valence-electron chi connectivity index (χ1n) is 27.1. The summed E-state index contributed by atoms with van der Waals surface area (Å²) in [5, 5.41) is 0. The Morgan fingerprint density at radius 2 is 0.282 bits per heavy atom. The van der Waals surface area contributed by atoms with Crippen molar-refractivity contribution in [1.82, 2.24) is 29.9 Å². The lowest BCUT2D eigenvalue weighted by Gasteiger charge is -2.23. The van der Waals surface area contributed by atoms with Crippen molar-refractivity contribution < 1.29 is 28.4 Å². The van der Waals surface area contributed by atoms with Gasteiger partial charge in [-0.3, -0.25) is 0 Å². The van der Waals surface area contributed by atoms with Crippen LogP contribution in [0.1, 0.15) is 158 Å². The molecule has 0 aliphatic carbocycles. The van der Waals surface area contributed by atoms with Crippen molar-refractivity contribution in [1.29, 1.82) is 0 Å². The largest absolute Gasteiger partial charge is 0.492 e. The molecule has 0 unspecified atom stereocenters. The van der Waals surface area contributed by atoms with Crippen LogP contribution in [0.2, 0.25) is 0 Å². The maximum atomic E-state index is 6.47. The average Bonchev–Trinajstić information content (AvgIpc) is 3.32. The lowest BCUT2D eigenvalue weighted by molar-refractivity contribution is 0.418. The van der Waals surface area contributed by atoms with E-state index in [-0.39, 0.29) is 32.5 Å². The summed E-state index contributed by atoms with van der Waals surface area (Å²) < 4.78 is 38.8. The molecule has 12 heteroatoms. The van der Waals surface area contributed by atoms with Gasteiger partial charge in [-0.15, -0.1) is 0 Å². The van der Waals surface area contributed by atoms with E-state index in [0.717, 1.165) is 99.6 Å². The number of hydrogen-bond donors (Lipinski definition) is 6. The van der Waals surface area contributed by atoms with Crippen LogP contribution >= 0.6 is 0 Å².